The van der Waals surface area contributed by atoms with Gasteiger partial charge in [0.15, 0.2) is 0 Å². The first-order valence-electron chi connectivity index (χ1n) is 6.11. The molecule has 0 aliphatic carbocycles. The second-order valence-electron chi connectivity index (χ2n) is 5.12. The molecule has 96 valence electrons. The number of hydrogen-bond donors (Lipinski definition) is 1. The molecular weight excluding hydrogens is 233 g/mol. The molecule has 0 heterocycles. The average molecular weight is 255 g/mol. The van der Waals surface area contributed by atoms with Crippen molar-refractivity contribution >= 4 is 11.8 Å². The van der Waals surface area contributed by atoms with Crippen molar-refractivity contribution in [1.82, 2.24) is 5.32 Å². The molecule has 1 rings (SSSR count). The van der Waals surface area contributed by atoms with Crippen molar-refractivity contribution in [3.63, 3.8) is 0 Å². The summed E-state index contributed by atoms with van der Waals surface area (Å²) in [7, 11) is 0. The van der Waals surface area contributed by atoms with Crippen molar-refractivity contribution < 1.29 is 4.39 Å². The lowest BCUT2D eigenvalue weighted by molar-refractivity contribution is 0.587. The molecule has 0 amide bonds. The summed E-state index contributed by atoms with van der Waals surface area (Å²) in [5.74, 6) is -0.110. The van der Waals surface area contributed by atoms with E-state index in [2.05, 4.69) is 33.0 Å². The summed E-state index contributed by atoms with van der Waals surface area (Å²) in [6, 6.07) is 5.32. The van der Waals surface area contributed by atoms with Crippen LogP contribution in [0.4, 0.5) is 4.39 Å². The molecule has 0 saturated carbocycles. The van der Waals surface area contributed by atoms with Crippen molar-refractivity contribution in [2.45, 2.75) is 50.3 Å². The van der Waals surface area contributed by atoms with Crippen LogP contribution >= 0.6 is 11.8 Å². The Bertz CT molecular complexity index is 358. The van der Waals surface area contributed by atoms with Crippen LogP contribution in [-0.2, 0) is 6.54 Å². The second kappa shape index (κ2) is 6.41. The van der Waals surface area contributed by atoms with Crippen LogP contribution < -0.4 is 5.32 Å². The first kappa shape index (κ1) is 14.5. The monoisotopic (exact) mass is 255 g/mol. The summed E-state index contributed by atoms with van der Waals surface area (Å²) in [6.45, 7) is 10.2. The van der Waals surface area contributed by atoms with Crippen molar-refractivity contribution in [2.24, 2.45) is 0 Å². The van der Waals surface area contributed by atoms with E-state index in [1.54, 1.807) is 17.8 Å². The van der Waals surface area contributed by atoms with Crippen molar-refractivity contribution in [2.75, 3.05) is 6.54 Å². The number of hydrogen-bond acceptors (Lipinski definition) is 2. The molecule has 0 aliphatic rings. The molecule has 0 radical (unpaired) electrons. The quantitative estimate of drug-likeness (QED) is 0.624. The number of benzene rings is 1. The second-order valence-corrected chi connectivity index (χ2v) is 6.96. The van der Waals surface area contributed by atoms with Crippen LogP contribution in [0, 0.1) is 5.82 Å². The maximum atomic E-state index is 13.8. The third kappa shape index (κ3) is 5.09. The minimum atomic E-state index is -0.110. The van der Waals surface area contributed by atoms with Gasteiger partial charge in [0.1, 0.15) is 5.82 Å². The van der Waals surface area contributed by atoms with E-state index in [1.165, 1.54) is 6.07 Å². The summed E-state index contributed by atoms with van der Waals surface area (Å²) in [6.07, 6.45) is 1.09. The number of thioether (sulfide) groups is 1. The predicted octanol–water partition coefficient (Wildman–Crippen LogP) is 4.22. The zero-order valence-corrected chi connectivity index (χ0v) is 12.0. The van der Waals surface area contributed by atoms with E-state index < -0.39 is 0 Å². The number of nitrogens with one attached hydrogen (secondary N) is 1. The number of rotatable bonds is 5. The van der Waals surface area contributed by atoms with Gasteiger partial charge in [0.2, 0.25) is 0 Å². The van der Waals surface area contributed by atoms with Gasteiger partial charge in [-0.2, -0.15) is 0 Å². The zero-order valence-electron chi connectivity index (χ0n) is 11.1. The normalized spacial score (nSPS) is 11.8. The molecule has 0 spiro atoms. The number of halogens is 1. The van der Waals surface area contributed by atoms with Gasteiger partial charge in [-0.05, 0) is 24.6 Å². The smallest absolute Gasteiger partial charge is 0.137 e. The Kier molecular flexibility index (Phi) is 5.47. The van der Waals surface area contributed by atoms with E-state index in [9.17, 15) is 4.39 Å². The first-order valence-corrected chi connectivity index (χ1v) is 6.93. The molecule has 1 N–H and O–H groups in total. The van der Waals surface area contributed by atoms with Crippen LogP contribution in [0.1, 0.15) is 39.7 Å². The van der Waals surface area contributed by atoms with E-state index >= 15 is 0 Å². The topological polar surface area (TPSA) is 12.0 Å². The first-order chi connectivity index (χ1) is 7.94. The molecule has 17 heavy (non-hydrogen) atoms. The van der Waals surface area contributed by atoms with Gasteiger partial charge in [-0.3, -0.25) is 0 Å². The Morgan fingerprint density at radius 2 is 2.00 bits per heavy atom. The average Bonchev–Trinajstić information content (AvgIpc) is 2.21. The Balaban J connectivity index is 2.84. The molecule has 0 fully saturated rings. The van der Waals surface area contributed by atoms with Gasteiger partial charge >= 0.3 is 0 Å². The fourth-order valence-electron chi connectivity index (χ4n) is 1.51. The molecule has 0 aliphatic heterocycles. The van der Waals surface area contributed by atoms with Crippen LogP contribution in [0.3, 0.4) is 0 Å². The molecular formula is C14H22FNS. The predicted molar refractivity (Wildman–Crippen MR) is 74.0 cm³/mol. The zero-order chi connectivity index (χ0) is 12.9. The molecule has 0 aromatic heterocycles. The molecule has 0 unspecified atom stereocenters. The third-order valence-electron chi connectivity index (χ3n) is 2.20. The Morgan fingerprint density at radius 3 is 2.59 bits per heavy atom. The highest BCUT2D eigenvalue weighted by Gasteiger charge is 2.17. The van der Waals surface area contributed by atoms with Crippen LogP contribution in [0.2, 0.25) is 0 Å². The van der Waals surface area contributed by atoms with Crippen molar-refractivity contribution in [1.29, 1.82) is 0 Å². The highest BCUT2D eigenvalue weighted by Crippen LogP contribution is 2.35. The van der Waals surface area contributed by atoms with Crippen LogP contribution in [-0.4, -0.2) is 11.3 Å². The third-order valence-corrected chi connectivity index (χ3v) is 3.47. The van der Waals surface area contributed by atoms with E-state index in [0.29, 0.717) is 0 Å². The highest BCUT2D eigenvalue weighted by molar-refractivity contribution is 8.00. The fraction of sp³-hybridized carbons (Fsp3) is 0.571. The Morgan fingerprint density at radius 1 is 1.29 bits per heavy atom. The summed E-state index contributed by atoms with van der Waals surface area (Å²) in [5.41, 5.74) is 1.05. The Hall–Kier alpha value is -0.540. The fourth-order valence-corrected chi connectivity index (χ4v) is 2.56. The lowest BCUT2D eigenvalue weighted by atomic mass is 10.2. The van der Waals surface area contributed by atoms with Crippen LogP contribution in [0.25, 0.3) is 0 Å². The Labute approximate surface area is 108 Å². The highest BCUT2D eigenvalue weighted by atomic mass is 32.2. The van der Waals surface area contributed by atoms with Gasteiger partial charge in [0.25, 0.3) is 0 Å². The molecule has 0 bridgehead atoms. The summed E-state index contributed by atoms with van der Waals surface area (Å²) < 4.78 is 13.9. The minimum absolute atomic E-state index is 0.0295. The minimum Gasteiger partial charge on any atom is -0.313 e. The maximum absolute atomic E-state index is 13.8. The molecule has 0 saturated heterocycles. The lowest BCUT2D eigenvalue weighted by Crippen LogP contribution is -2.16. The van der Waals surface area contributed by atoms with E-state index in [-0.39, 0.29) is 10.6 Å². The standard InChI is InChI=1S/C14H22FNS/c1-5-9-16-10-11-7-6-8-12(15)13(11)17-14(2,3)4/h6-8,16H,5,9-10H2,1-4H3. The van der Waals surface area contributed by atoms with Gasteiger partial charge in [-0.25, -0.2) is 4.39 Å². The summed E-state index contributed by atoms with van der Waals surface area (Å²) in [5, 5.41) is 3.32. The molecule has 3 heteroatoms. The van der Waals surface area contributed by atoms with E-state index in [0.717, 1.165) is 30.0 Å². The van der Waals surface area contributed by atoms with Gasteiger partial charge in [0, 0.05) is 16.2 Å². The van der Waals surface area contributed by atoms with Gasteiger partial charge in [-0.15, -0.1) is 11.8 Å². The van der Waals surface area contributed by atoms with Gasteiger partial charge in [-0.1, -0.05) is 39.8 Å². The van der Waals surface area contributed by atoms with Crippen molar-refractivity contribution in [3.05, 3.63) is 29.6 Å². The van der Waals surface area contributed by atoms with Crippen LogP contribution in [0.5, 0.6) is 0 Å². The van der Waals surface area contributed by atoms with E-state index in [1.807, 2.05) is 6.07 Å². The van der Waals surface area contributed by atoms with Gasteiger partial charge < -0.3 is 5.32 Å². The van der Waals surface area contributed by atoms with E-state index in [4.69, 9.17) is 0 Å². The van der Waals surface area contributed by atoms with Gasteiger partial charge in [0.05, 0.1) is 0 Å². The SMILES string of the molecule is CCCNCc1cccc(F)c1SC(C)(C)C. The van der Waals surface area contributed by atoms with Crippen LogP contribution in [0.15, 0.2) is 23.1 Å². The lowest BCUT2D eigenvalue weighted by Gasteiger charge is -2.20. The summed E-state index contributed by atoms with van der Waals surface area (Å²) >= 11 is 1.60. The molecule has 1 aromatic carbocycles. The summed E-state index contributed by atoms with van der Waals surface area (Å²) in [4.78, 5) is 0.781. The maximum Gasteiger partial charge on any atom is 0.137 e. The largest absolute Gasteiger partial charge is 0.313 e. The molecule has 0 atom stereocenters. The van der Waals surface area contributed by atoms with Crippen molar-refractivity contribution in [3.8, 4) is 0 Å². The molecule has 1 nitrogen and oxygen atoms in total. The molecule has 1 aromatic rings.